The molecule has 4 rings (SSSR count). The maximum absolute atomic E-state index is 12.5. The van der Waals surface area contributed by atoms with Crippen LogP contribution in [0.4, 0.5) is 5.82 Å². The molecular weight excluding hydrogens is 370 g/mol. The number of nitrogens with zero attached hydrogens (tertiary/aromatic N) is 6. The number of amides is 1. The first-order valence-electron chi connectivity index (χ1n) is 9.91. The summed E-state index contributed by atoms with van der Waals surface area (Å²) in [6.07, 6.45) is 7.55. The molecule has 1 amide bonds. The van der Waals surface area contributed by atoms with E-state index in [1.54, 1.807) is 23.3 Å². The minimum Gasteiger partial charge on any atom is -0.396 e. The summed E-state index contributed by atoms with van der Waals surface area (Å²) in [6.45, 7) is 2.01. The molecule has 1 atom stereocenters. The summed E-state index contributed by atoms with van der Waals surface area (Å²) in [5, 5.41) is 17.1. The highest BCUT2D eigenvalue weighted by Gasteiger charge is 2.28. The van der Waals surface area contributed by atoms with Gasteiger partial charge in [-0.2, -0.15) is 5.10 Å². The van der Waals surface area contributed by atoms with Crippen molar-refractivity contribution in [3.8, 4) is 11.4 Å². The number of aliphatic hydroxyl groups is 1. The second-order valence-corrected chi connectivity index (χ2v) is 7.27. The number of anilines is 1. The minimum atomic E-state index is -0.103. The first-order valence-corrected chi connectivity index (χ1v) is 9.91. The van der Waals surface area contributed by atoms with Crippen molar-refractivity contribution >= 4 is 22.8 Å². The lowest BCUT2D eigenvalue weighted by Gasteiger charge is -2.33. The summed E-state index contributed by atoms with van der Waals surface area (Å²) in [4.78, 5) is 28.3. The maximum atomic E-state index is 12.5. The molecule has 9 heteroatoms. The Bertz CT molecular complexity index is 989. The number of aliphatic hydroxyl groups excluding tert-OH is 1. The van der Waals surface area contributed by atoms with Crippen LogP contribution in [0.2, 0.25) is 0 Å². The lowest BCUT2D eigenvalue weighted by atomic mass is 9.97. The molecular formula is C20H25N7O2. The minimum absolute atomic E-state index is 0.0361. The van der Waals surface area contributed by atoms with Crippen molar-refractivity contribution in [2.24, 2.45) is 13.0 Å². The van der Waals surface area contributed by atoms with E-state index < -0.39 is 0 Å². The van der Waals surface area contributed by atoms with Gasteiger partial charge in [-0.25, -0.2) is 9.97 Å². The molecule has 2 N–H and O–H groups in total. The van der Waals surface area contributed by atoms with Crippen LogP contribution in [0.1, 0.15) is 19.3 Å². The van der Waals surface area contributed by atoms with E-state index in [1.165, 1.54) is 0 Å². The van der Waals surface area contributed by atoms with Crippen LogP contribution in [-0.2, 0) is 11.8 Å². The van der Waals surface area contributed by atoms with Crippen LogP contribution in [0.5, 0.6) is 0 Å². The molecule has 4 heterocycles. The van der Waals surface area contributed by atoms with E-state index in [4.69, 9.17) is 15.1 Å². The Morgan fingerprint density at radius 3 is 2.93 bits per heavy atom. The zero-order chi connectivity index (χ0) is 20.2. The van der Waals surface area contributed by atoms with Gasteiger partial charge in [0.25, 0.3) is 0 Å². The SMILES string of the molecule is Cn1ncc2c(N3CCCC(C(=O)NCCCO)C3)nc(-c3ccncc3)nc21. The van der Waals surface area contributed by atoms with Crippen LogP contribution in [0, 0.1) is 5.92 Å². The molecule has 9 nitrogen and oxygen atoms in total. The molecule has 0 bridgehead atoms. The van der Waals surface area contributed by atoms with Crippen molar-refractivity contribution in [3.63, 3.8) is 0 Å². The molecule has 1 aliphatic rings. The summed E-state index contributed by atoms with van der Waals surface area (Å²) in [5.74, 6) is 1.36. The Balaban J connectivity index is 1.65. The van der Waals surface area contributed by atoms with Crippen molar-refractivity contribution in [3.05, 3.63) is 30.7 Å². The van der Waals surface area contributed by atoms with Gasteiger partial charge in [0.2, 0.25) is 5.91 Å². The smallest absolute Gasteiger partial charge is 0.224 e. The topological polar surface area (TPSA) is 109 Å². The van der Waals surface area contributed by atoms with E-state index in [9.17, 15) is 4.79 Å². The van der Waals surface area contributed by atoms with Gasteiger partial charge in [-0.3, -0.25) is 14.5 Å². The van der Waals surface area contributed by atoms with Gasteiger partial charge in [0.1, 0.15) is 5.82 Å². The number of aryl methyl sites for hydroxylation is 1. The second kappa shape index (κ2) is 8.52. The standard InChI is InChI=1S/C20H25N7O2/c1-26-18-16(12-23-26)19(25-17(24-18)14-5-8-21-9-6-14)27-10-2-4-15(13-27)20(29)22-7-3-11-28/h5-6,8-9,12,15,28H,2-4,7,10-11,13H2,1H3,(H,22,29). The van der Waals surface area contributed by atoms with Gasteiger partial charge in [0.05, 0.1) is 17.5 Å². The number of nitrogens with one attached hydrogen (secondary N) is 1. The van der Waals surface area contributed by atoms with E-state index in [0.717, 1.165) is 41.8 Å². The molecule has 152 valence electrons. The largest absolute Gasteiger partial charge is 0.396 e. The number of hydrogen-bond donors (Lipinski definition) is 2. The molecule has 3 aromatic rings. The van der Waals surface area contributed by atoms with Crippen molar-refractivity contribution in [1.29, 1.82) is 0 Å². The molecule has 3 aromatic heterocycles. The van der Waals surface area contributed by atoms with Crippen LogP contribution >= 0.6 is 0 Å². The molecule has 1 fully saturated rings. The van der Waals surface area contributed by atoms with Gasteiger partial charge >= 0.3 is 0 Å². The highest BCUT2D eigenvalue weighted by atomic mass is 16.3. The third-order valence-electron chi connectivity index (χ3n) is 5.24. The summed E-state index contributed by atoms with van der Waals surface area (Å²) in [6, 6.07) is 3.77. The third-order valence-corrected chi connectivity index (χ3v) is 5.24. The van der Waals surface area contributed by atoms with Crippen LogP contribution in [0.15, 0.2) is 30.7 Å². The Hall–Kier alpha value is -3.07. The van der Waals surface area contributed by atoms with Crippen molar-refractivity contribution in [2.75, 3.05) is 31.1 Å². The first-order chi connectivity index (χ1) is 14.2. The molecule has 0 aromatic carbocycles. The lowest BCUT2D eigenvalue weighted by Crippen LogP contribution is -2.43. The van der Waals surface area contributed by atoms with Gasteiger partial charge in [0.15, 0.2) is 11.5 Å². The predicted molar refractivity (Wildman–Crippen MR) is 109 cm³/mol. The molecule has 29 heavy (non-hydrogen) atoms. The summed E-state index contributed by atoms with van der Waals surface area (Å²) in [5.41, 5.74) is 1.65. The van der Waals surface area contributed by atoms with Gasteiger partial charge in [-0.05, 0) is 31.4 Å². The number of carbonyl (C=O) groups is 1. The number of hydrogen-bond acceptors (Lipinski definition) is 7. The highest BCUT2D eigenvalue weighted by molar-refractivity contribution is 5.89. The molecule has 1 aliphatic heterocycles. The third kappa shape index (κ3) is 4.04. The predicted octanol–water partition coefficient (Wildman–Crippen LogP) is 1.14. The van der Waals surface area contributed by atoms with Gasteiger partial charge in [-0.15, -0.1) is 0 Å². The van der Waals surface area contributed by atoms with Crippen molar-refractivity contribution < 1.29 is 9.90 Å². The maximum Gasteiger partial charge on any atom is 0.224 e. The Labute approximate surface area is 168 Å². The second-order valence-electron chi connectivity index (χ2n) is 7.27. The molecule has 1 unspecified atom stereocenters. The first kappa shape index (κ1) is 19.3. The van der Waals surface area contributed by atoms with Gasteiger partial charge in [0, 0.05) is 51.2 Å². The number of fused-ring (bicyclic) bond motifs is 1. The van der Waals surface area contributed by atoms with E-state index in [-0.39, 0.29) is 18.4 Å². The monoisotopic (exact) mass is 395 g/mol. The highest BCUT2D eigenvalue weighted by Crippen LogP contribution is 2.30. The average molecular weight is 395 g/mol. The molecule has 0 spiro atoms. The Morgan fingerprint density at radius 1 is 1.31 bits per heavy atom. The normalized spacial score (nSPS) is 16.9. The number of pyridine rings is 1. The summed E-state index contributed by atoms with van der Waals surface area (Å²) < 4.78 is 1.74. The number of aromatic nitrogens is 5. The Kier molecular flexibility index (Phi) is 5.66. The lowest BCUT2D eigenvalue weighted by molar-refractivity contribution is -0.125. The number of rotatable bonds is 6. The fourth-order valence-corrected chi connectivity index (χ4v) is 3.70. The molecule has 0 aliphatic carbocycles. The molecule has 1 saturated heterocycles. The fraction of sp³-hybridized carbons (Fsp3) is 0.450. The number of carbonyl (C=O) groups excluding carboxylic acids is 1. The molecule has 0 radical (unpaired) electrons. The fourth-order valence-electron chi connectivity index (χ4n) is 3.70. The quantitative estimate of drug-likeness (QED) is 0.603. The van der Waals surface area contributed by atoms with E-state index in [2.05, 4.69) is 20.3 Å². The Morgan fingerprint density at radius 2 is 2.14 bits per heavy atom. The zero-order valence-electron chi connectivity index (χ0n) is 16.5. The zero-order valence-corrected chi connectivity index (χ0v) is 16.5. The summed E-state index contributed by atoms with van der Waals surface area (Å²) in [7, 11) is 1.86. The van der Waals surface area contributed by atoms with Gasteiger partial charge < -0.3 is 15.3 Å². The van der Waals surface area contributed by atoms with Crippen molar-refractivity contribution in [2.45, 2.75) is 19.3 Å². The van der Waals surface area contributed by atoms with E-state index >= 15 is 0 Å². The van der Waals surface area contributed by atoms with Crippen LogP contribution < -0.4 is 10.2 Å². The van der Waals surface area contributed by atoms with Crippen LogP contribution in [0.25, 0.3) is 22.4 Å². The van der Waals surface area contributed by atoms with E-state index in [0.29, 0.717) is 25.3 Å². The average Bonchev–Trinajstić information content (AvgIpc) is 3.15. The van der Waals surface area contributed by atoms with E-state index in [1.807, 2.05) is 19.2 Å². The number of piperidine rings is 1. The summed E-state index contributed by atoms with van der Waals surface area (Å²) >= 11 is 0. The van der Waals surface area contributed by atoms with Crippen LogP contribution in [0.3, 0.4) is 0 Å². The van der Waals surface area contributed by atoms with Crippen LogP contribution in [-0.4, -0.2) is 62.0 Å². The van der Waals surface area contributed by atoms with Gasteiger partial charge in [-0.1, -0.05) is 0 Å². The van der Waals surface area contributed by atoms with Crippen molar-refractivity contribution in [1.82, 2.24) is 30.0 Å². The molecule has 0 saturated carbocycles.